The molecule has 9 aliphatic heterocycles. The number of aromatic amines is 5. The average Bonchev–Trinajstić information content (AvgIpc) is 1.63. The van der Waals surface area contributed by atoms with Crippen molar-refractivity contribution in [2.45, 2.75) is 193 Å². The van der Waals surface area contributed by atoms with Crippen molar-refractivity contribution in [3.63, 3.8) is 0 Å². The standard InChI is InChI=1S/C20H25N5.C18H21N5O.C17H20N6O.C17H19N5O.C16H18N6O/c1-13(2)24-11-9-15-17(24)12-25(14-6-4-3-5-7-14)20-18-16(8-10-21-20)22-23-19(15)18;1-2-22-8-4-13-15(22)11-23(12-5-9-24-10-6-12)18-16-14(3-7-19-18)20-21-17(13)16;1-2-22-9-12-14(21-22)10-23(11-4-7-24-8-5-11)17-15-13(3-6-18-17)19-20-16(12)15;1-21-7-3-12-14(21)10-22(11-4-8-23-9-5-11)17-15-13(2-6-18-17)19-20-16(12)15;1-21-8-11-13(20-21)9-22(10-3-6-23-7-4-10)16-14-12(2-5-17-16)18-19-15(11)14/h8-11,13-14H,3-7,12H2,1-2H3,(H,22,23);3-4,7-8,12H,2,5-6,9-11H2,1H3,(H,20,21);3,6,9,11H,2,4-5,7-8,10H2,1H3,(H,19,20);2-3,6-7,11H,4-5,8-10H2,1H3,(H,19,20);2,5,8,10H,3-4,6-7,9H2,1H3,(H,18,19). The van der Waals surface area contributed by atoms with Crippen LogP contribution in [-0.4, -0.2) is 192 Å². The number of pyridine rings is 5. The van der Waals surface area contributed by atoms with E-state index in [-0.39, 0.29) is 0 Å². The topological polar surface area (TPSA) is 311 Å². The number of aryl methyl sites for hydroxylation is 4. The molecule has 31 nitrogen and oxygen atoms in total. The molecule has 0 aromatic carbocycles. The van der Waals surface area contributed by atoms with Gasteiger partial charge in [0.15, 0.2) is 0 Å². The second-order valence-electron chi connectivity index (χ2n) is 33.4. The lowest BCUT2D eigenvalue weighted by atomic mass is 9.94. The summed E-state index contributed by atoms with van der Waals surface area (Å²) in [7, 11) is 4.07. The Bertz CT molecular complexity index is 6020. The summed E-state index contributed by atoms with van der Waals surface area (Å²) in [5.74, 6) is 5.25. The van der Waals surface area contributed by atoms with Crippen molar-refractivity contribution in [1.82, 2.24) is 109 Å². The third-order valence-electron chi connectivity index (χ3n) is 26.3. The molecule has 5 fully saturated rings. The fourth-order valence-electron chi connectivity index (χ4n) is 20.2. The van der Waals surface area contributed by atoms with Crippen molar-refractivity contribution in [3.05, 3.63) is 139 Å². The highest BCUT2D eigenvalue weighted by Crippen LogP contribution is 2.48. The van der Waals surface area contributed by atoms with Gasteiger partial charge in [-0.25, -0.2) is 24.9 Å². The number of nitrogens with zero attached hydrogens (tertiary/aromatic N) is 22. The van der Waals surface area contributed by atoms with Gasteiger partial charge in [-0.05, 0) is 140 Å². The molecule has 15 aromatic heterocycles. The van der Waals surface area contributed by atoms with Gasteiger partial charge in [-0.2, -0.15) is 35.7 Å². The second-order valence-corrected chi connectivity index (χ2v) is 33.4. The van der Waals surface area contributed by atoms with Crippen LogP contribution in [0.3, 0.4) is 0 Å². The molecule has 119 heavy (non-hydrogen) atoms. The van der Waals surface area contributed by atoms with Crippen molar-refractivity contribution in [3.8, 4) is 56.3 Å². The summed E-state index contributed by atoms with van der Waals surface area (Å²) in [6, 6.07) is 19.4. The van der Waals surface area contributed by atoms with E-state index in [1.54, 1.807) is 0 Å². The summed E-state index contributed by atoms with van der Waals surface area (Å²) in [4.78, 5) is 36.0. The number of nitrogens with one attached hydrogen (secondary N) is 5. The zero-order valence-electron chi connectivity index (χ0n) is 68.6. The maximum absolute atomic E-state index is 5.58. The number of hydrogen-bond donors (Lipinski definition) is 5. The number of hydrogen-bond acceptors (Lipinski definition) is 21. The lowest BCUT2D eigenvalue weighted by molar-refractivity contribution is 0.0838. The van der Waals surface area contributed by atoms with Gasteiger partial charge in [0.2, 0.25) is 0 Å². The zero-order valence-corrected chi connectivity index (χ0v) is 68.6. The minimum atomic E-state index is 0.428. The Balaban J connectivity index is 0.0000000923. The molecule has 4 saturated heterocycles. The molecule has 614 valence electrons. The molecule has 10 aliphatic rings. The van der Waals surface area contributed by atoms with Gasteiger partial charge in [0.1, 0.15) is 57.6 Å². The van der Waals surface area contributed by atoms with Crippen molar-refractivity contribution in [2.24, 2.45) is 14.1 Å². The molecular formula is C88H103N27O4. The summed E-state index contributed by atoms with van der Waals surface area (Å²) < 4.78 is 33.0. The summed E-state index contributed by atoms with van der Waals surface area (Å²) in [6.45, 7) is 21.4. The van der Waals surface area contributed by atoms with Crippen LogP contribution in [0.1, 0.15) is 146 Å². The van der Waals surface area contributed by atoms with Crippen LogP contribution in [-0.2, 0) is 78.9 Å². The summed E-state index contributed by atoms with van der Waals surface area (Å²) in [6.07, 6.45) is 34.9. The maximum Gasteiger partial charge on any atom is 0.140 e. The molecule has 1 aliphatic carbocycles. The Labute approximate surface area is 688 Å². The van der Waals surface area contributed by atoms with Gasteiger partial charge in [0.05, 0.1) is 98.6 Å². The molecule has 24 heterocycles. The Morgan fingerprint density at radius 3 is 1.12 bits per heavy atom. The van der Waals surface area contributed by atoms with Crippen LogP contribution >= 0.6 is 0 Å². The van der Waals surface area contributed by atoms with Gasteiger partial charge in [-0.3, -0.25) is 34.9 Å². The first-order valence-electron chi connectivity index (χ1n) is 43.0. The summed E-state index contributed by atoms with van der Waals surface area (Å²) >= 11 is 0. The van der Waals surface area contributed by atoms with E-state index in [1.165, 1.54) is 71.3 Å². The number of rotatable bonds is 8. The largest absolute Gasteiger partial charge is 0.381 e. The van der Waals surface area contributed by atoms with E-state index < -0.39 is 0 Å². The molecule has 1 saturated carbocycles. The summed E-state index contributed by atoms with van der Waals surface area (Å²) in [5, 5.41) is 54.1. The molecule has 0 atom stereocenters. The van der Waals surface area contributed by atoms with Gasteiger partial charge < -0.3 is 57.1 Å². The van der Waals surface area contributed by atoms with E-state index in [0.717, 1.165) is 279 Å². The van der Waals surface area contributed by atoms with Crippen LogP contribution in [0.2, 0.25) is 0 Å². The smallest absolute Gasteiger partial charge is 0.140 e. The fourth-order valence-corrected chi connectivity index (χ4v) is 20.2. The SMILES string of the molecule is CC(C)n1ccc2c1CN(C1CCCCC1)c1nccc3[nH]nc-2c13.CCn1cc2c(n1)CN(C1CCOCC1)c1nccc3[nH]nc-2c13.CCn1ccc2c1CN(C1CCOCC1)c1nccc3[nH]nc-2c13.Cn1cc2c(n1)CN(C1CCOCC1)c1nccc3[nH]nc-2c13.Cn1ccc2c1CN(C1CCOCC1)c1nccc3[nH]nc-2c13. The first kappa shape index (κ1) is 74.7. The molecule has 5 N–H and O–H groups in total. The highest BCUT2D eigenvalue weighted by atomic mass is 16.5. The minimum Gasteiger partial charge on any atom is -0.381 e. The minimum absolute atomic E-state index is 0.428. The quantitative estimate of drug-likeness (QED) is 0.0944. The van der Waals surface area contributed by atoms with Gasteiger partial charge in [-0.15, -0.1) is 0 Å². The number of H-pyrrole nitrogens is 5. The van der Waals surface area contributed by atoms with Crippen LogP contribution in [0.5, 0.6) is 0 Å². The molecule has 0 spiro atoms. The Hall–Kier alpha value is -11.8. The van der Waals surface area contributed by atoms with Crippen molar-refractivity contribution >= 4 is 83.6 Å². The highest BCUT2D eigenvalue weighted by Gasteiger charge is 2.39. The van der Waals surface area contributed by atoms with E-state index in [0.29, 0.717) is 36.3 Å². The van der Waals surface area contributed by atoms with Crippen molar-refractivity contribution in [2.75, 3.05) is 77.4 Å². The third kappa shape index (κ3) is 13.3. The Morgan fingerprint density at radius 2 is 0.706 bits per heavy atom. The molecule has 0 unspecified atom stereocenters. The van der Waals surface area contributed by atoms with E-state index in [2.05, 4.69) is 178 Å². The van der Waals surface area contributed by atoms with Crippen LogP contribution < -0.4 is 24.5 Å². The lowest BCUT2D eigenvalue weighted by Gasteiger charge is -2.35. The van der Waals surface area contributed by atoms with E-state index in [4.69, 9.17) is 49.0 Å². The van der Waals surface area contributed by atoms with Crippen molar-refractivity contribution < 1.29 is 18.9 Å². The van der Waals surface area contributed by atoms with E-state index in [1.807, 2.05) is 77.7 Å². The average molecular weight is 1600 g/mol. The number of anilines is 5. The Kier molecular flexibility index (Phi) is 19.8. The molecule has 15 aromatic rings. The number of ether oxygens (including phenoxy) is 4. The third-order valence-corrected chi connectivity index (χ3v) is 26.3. The van der Waals surface area contributed by atoms with Crippen molar-refractivity contribution in [1.29, 1.82) is 0 Å². The van der Waals surface area contributed by atoms with Gasteiger partial charge in [0.25, 0.3) is 0 Å². The van der Waals surface area contributed by atoms with Gasteiger partial charge >= 0.3 is 0 Å². The van der Waals surface area contributed by atoms with Crippen LogP contribution in [0.25, 0.3) is 111 Å². The second kappa shape index (κ2) is 31.5. The molecule has 0 bridgehead atoms. The summed E-state index contributed by atoms with van der Waals surface area (Å²) in [5.41, 5.74) is 22.3. The van der Waals surface area contributed by atoms with E-state index in [9.17, 15) is 0 Å². The normalized spacial score (nSPS) is 18.1. The zero-order chi connectivity index (χ0) is 79.9. The first-order chi connectivity index (χ1) is 58.6. The molecule has 0 radical (unpaired) electrons. The monoisotopic (exact) mass is 1600 g/mol. The Morgan fingerprint density at radius 1 is 0.361 bits per heavy atom. The molecule has 25 rings (SSSR count). The predicted molar refractivity (Wildman–Crippen MR) is 459 cm³/mol. The van der Waals surface area contributed by atoms with Gasteiger partial charge in [-0.1, -0.05) is 19.3 Å². The van der Waals surface area contributed by atoms with Crippen LogP contribution in [0, 0.1) is 0 Å². The fraction of sp³-hybridized carbons (Fsp3) is 0.455. The first-order valence-corrected chi connectivity index (χ1v) is 43.0. The van der Waals surface area contributed by atoms with Gasteiger partial charge in [0, 0.05) is 223 Å². The number of fused-ring (bicyclic) bond motifs is 10. The van der Waals surface area contributed by atoms with Crippen LogP contribution in [0.4, 0.5) is 29.1 Å². The molecular weight excluding hydrogens is 1500 g/mol. The predicted octanol–water partition coefficient (Wildman–Crippen LogP) is 14.3. The number of aromatic nitrogens is 22. The lowest BCUT2D eigenvalue weighted by Crippen LogP contribution is -2.39. The van der Waals surface area contributed by atoms with Crippen LogP contribution in [0.15, 0.2) is 110 Å². The maximum atomic E-state index is 5.58. The van der Waals surface area contributed by atoms with E-state index >= 15 is 0 Å². The highest BCUT2D eigenvalue weighted by molar-refractivity contribution is 6.06. The molecule has 0 amide bonds. The molecule has 31 heteroatoms.